The summed E-state index contributed by atoms with van der Waals surface area (Å²) in [5.74, 6) is 0. The van der Waals surface area contributed by atoms with Crippen molar-refractivity contribution in [1.29, 1.82) is 0 Å². The summed E-state index contributed by atoms with van der Waals surface area (Å²) in [5, 5.41) is 22.7. The van der Waals surface area contributed by atoms with Crippen molar-refractivity contribution in [2.24, 2.45) is 0 Å². The van der Waals surface area contributed by atoms with E-state index in [0.29, 0.717) is 12.0 Å². The summed E-state index contributed by atoms with van der Waals surface area (Å²) >= 11 is 0. The Balaban J connectivity index is 1.89. The SMILES string of the molecule is C=C/C(=C\C=C/C)[C@](O)(Cc1ccc(-c2ccccc2)cn1)Cn1cnnn1. The van der Waals surface area contributed by atoms with Crippen molar-refractivity contribution in [2.75, 3.05) is 0 Å². The van der Waals surface area contributed by atoms with Gasteiger partial charge in [-0.2, -0.15) is 0 Å². The zero-order valence-corrected chi connectivity index (χ0v) is 15.8. The van der Waals surface area contributed by atoms with Gasteiger partial charge < -0.3 is 5.11 Å². The molecule has 0 radical (unpaired) electrons. The van der Waals surface area contributed by atoms with E-state index in [4.69, 9.17) is 0 Å². The highest BCUT2D eigenvalue weighted by molar-refractivity contribution is 5.62. The number of tetrazole rings is 1. The monoisotopic (exact) mass is 373 g/mol. The van der Waals surface area contributed by atoms with E-state index < -0.39 is 5.60 Å². The average molecular weight is 373 g/mol. The van der Waals surface area contributed by atoms with Crippen molar-refractivity contribution in [3.05, 3.63) is 97.1 Å². The van der Waals surface area contributed by atoms with Crippen molar-refractivity contribution in [3.63, 3.8) is 0 Å². The molecule has 142 valence electrons. The lowest BCUT2D eigenvalue weighted by Crippen LogP contribution is -2.39. The second-order valence-corrected chi connectivity index (χ2v) is 6.47. The van der Waals surface area contributed by atoms with Crippen molar-refractivity contribution in [3.8, 4) is 11.1 Å². The maximum atomic E-state index is 11.5. The van der Waals surface area contributed by atoms with Crippen LogP contribution in [0.4, 0.5) is 0 Å². The van der Waals surface area contributed by atoms with Crippen LogP contribution in [0.2, 0.25) is 0 Å². The van der Waals surface area contributed by atoms with Crippen molar-refractivity contribution >= 4 is 0 Å². The molecule has 0 aliphatic rings. The minimum absolute atomic E-state index is 0.192. The van der Waals surface area contributed by atoms with E-state index in [9.17, 15) is 5.11 Å². The molecular weight excluding hydrogens is 350 g/mol. The van der Waals surface area contributed by atoms with Crippen LogP contribution in [0.15, 0.2) is 91.4 Å². The largest absolute Gasteiger partial charge is 0.383 e. The van der Waals surface area contributed by atoms with Gasteiger partial charge in [-0.05, 0) is 34.6 Å². The highest BCUT2D eigenvalue weighted by Gasteiger charge is 2.32. The molecule has 3 rings (SSSR count). The van der Waals surface area contributed by atoms with Gasteiger partial charge in [-0.3, -0.25) is 4.98 Å². The number of rotatable bonds is 8. The molecule has 28 heavy (non-hydrogen) atoms. The van der Waals surface area contributed by atoms with Gasteiger partial charge in [0, 0.05) is 23.9 Å². The van der Waals surface area contributed by atoms with Crippen LogP contribution >= 0.6 is 0 Å². The molecule has 0 spiro atoms. The van der Waals surface area contributed by atoms with E-state index in [0.717, 1.165) is 16.8 Å². The number of hydrogen-bond donors (Lipinski definition) is 1. The third-order valence-electron chi connectivity index (χ3n) is 4.45. The number of aromatic nitrogens is 5. The Morgan fingerprint density at radius 3 is 2.61 bits per heavy atom. The van der Waals surface area contributed by atoms with E-state index in [1.54, 1.807) is 6.08 Å². The molecule has 6 nitrogen and oxygen atoms in total. The molecule has 0 saturated carbocycles. The summed E-state index contributed by atoms with van der Waals surface area (Å²) in [6.07, 6.45) is 10.9. The molecule has 0 aliphatic heterocycles. The molecule has 1 atom stereocenters. The van der Waals surface area contributed by atoms with E-state index >= 15 is 0 Å². The Kier molecular flexibility index (Phi) is 6.24. The van der Waals surface area contributed by atoms with Gasteiger partial charge in [-0.25, -0.2) is 4.68 Å². The van der Waals surface area contributed by atoms with Crippen molar-refractivity contribution in [2.45, 2.75) is 25.5 Å². The number of nitrogens with zero attached hydrogens (tertiary/aromatic N) is 5. The fourth-order valence-corrected chi connectivity index (χ4v) is 3.01. The van der Waals surface area contributed by atoms with Crippen LogP contribution in [0.5, 0.6) is 0 Å². The second kappa shape index (κ2) is 9.01. The van der Waals surface area contributed by atoms with Gasteiger partial charge in [0.05, 0.1) is 6.54 Å². The molecule has 2 heterocycles. The van der Waals surface area contributed by atoms with Gasteiger partial charge in [0.2, 0.25) is 0 Å². The van der Waals surface area contributed by atoms with Crippen LogP contribution in [-0.4, -0.2) is 35.9 Å². The third kappa shape index (κ3) is 4.66. The van der Waals surface area contributed by atoms with Gasteiger partial charge >= 0.3 is 0 Å². The van der Waals surface area contributed by atoms with Gasteiger partial charge in [0.1, 0.15) is 11.9 Å². The molecule has 6 heteroatoms. The normalized spacial score (nSPS) is 14.1. The van der Waals surface area contributed by atoms with Crippen LogP contribution < -0.4 is 0 Å². The molecular formula is C22H23N5O. The van der Waals surface area contributed by atoms with Crippen LogP contribution in [0.25, 0.3) is 11.1 Å². The molecule has 0 unspecified atom stereocenters. The summed E-state index contributed by atoms with van der Waals surface area (Å²) in [7, 11) is 0. The Labute approximate surface area is 164 Å². The first-order valence-electron chi connectivity index (χ1n) is 9.04. The van der Waals surface area contributed by atoms with Crippen LogP contribution in [0.3, 0.4) is 0 Å². The summed E-state index contributed by atoms with van der Waals surface area (Å²) < 4.78 is 1.51. The maximum Gasteiger partial charge on any atom is 0.138 e. The Morgan fingerprint density at radius 2 is 2.00 bits per heavy atom. The van der Waals surface area contributed by atoms with Gasteiger partial charge in [0.15, 0.2) is 0 Å². The summed E-state index contributed by atoms with van der Waals surface area (Å²) in [6, 6.07) is 14.0. The van der Waals surface area contributed by atoms with Gasteiger partial charge in [-0.1, -0.05) is 67.3 Å². The molecule has 0 fully saturated rings. The highest BCUT2D eigenvalue weighted by Crippen LogP contribution is 2.26. The van der Waals surface area contributed by atoms with E-state index in [2.05, 4.69) is 27.1 Å². The lowest BCUT2D eigenvalue weighted by molar-refractivity contribution is 0.0581. The standard InChI is InChI=1S/C22H23N5O/c1-3-5-11-20(4-2)22(28,16-27-17-24-25-26-27)14-21-13-12-19(15-23-21)18-9-7-6-8-10-18/h3-13,15,17,28H,2,14,16H2,1H3/b5-3-,20-11+/t22-/m0/s1. The molecule has 0 aliphatic carbocycles. The summed E-state index contributed by atoms with van der Waals surface area (Å²) in [5.41, 5.74) is 2.32. The van der Waals surface area contributed by atoms with Crippen LogP contribution in [0, 0.1) is 0 Å². The first kappa shape index (κ1) is 19.4. The van der Waals surface area contributed by atoms with E-state index in [1.807, 2.05) is 73.8 Å². The molecule has 0 amide bonds. The van der Waals surface area contributed by atoms with Crippen LogP contribution in [-0.2, 0) is 13.0 Å². The first-order chi connectivity index (χ1) is 13.6. The highest BCUT2D eigenvalue weighted by atomic mass is 16.3. The molecule has 0 saturated heterocycles. The third-order valence-corrected chi connectivity index (χ3v) is 4.45. The average Bonchev–Trinajstić information content (AvgIpc) is 3.22. The quantitative estimate of drug-likeness (QED) is 0.613. The van der Waals surface area contributed by atoms with Crippen molar-refractivity contribution < 1.29 is 5.11 Å². The molecule has 0 bridgehead atoms. The van der Waals surface area contributed by atoms with Gasteiger partial charge in [-0.15, -0.1) is 5.10 Å². The minimum atomic E-state index is -1.25. The minimum Gasteiger partial charge on any atom is -0.383 e. The zero-order chi connectivity index (χ0) is 19.8. The number of benzene rings is 1. The van der Waals surface area contributed by atoms with Crippen LogP contribution in [0.1, 0.15) is 12.6 Å². The summed E-state index contributed by atoms with van der Waals surface area (Å²) in [4.78, 5) is 4.57. The molecule has 3 aromatic rings. The lowest BCUT2D eigenvalue weighted by atomic mass is 9.87. The zero-order valence-electron chi connectivity index (χ0n) is 15.8. The fourth-order valence-electron chi connectivity index (χ4n) is 3.01. The predicted octanol–water partition coefficient (Wildman–Crippen LogP) is 3.40. The Hall–Kier alpha value is -3.38. The molecule has 1 N–H and O–H groups in total. The summed E-state index contributed by atoms with van der Waals surface area (Å²) in [6.45, 7) is 5.97. The maximum absolute atomic E-state index is 11.5. The first-order valence-corrected chi connectivity index (χ1v) is 9.04. The number of pyridine rings is 1. The topological polar surface area (TPSA) is 76.7 Å². The number of hydrogen-bond acceptors (Lipinski definition) is 5. The Bertz CT molecular complexity index is 946. The number of aliphatic hydroxyl groups is 1. The van der Waals surface area contributed by atoms with E-state index in [1.165, 1.54) is 11.0 Å². The fraction of sp³-hybridized carbons (Fsp3) is 0.182. The van der Waals surface area contributed by atoms with Gasteiger partial charge in [0.25, 0.3) is 0 Å². The Morgan fingerprint density at radius 1 is 1.18 bits per heavy atom. The number of allylic oxidation sites excluding steroid dienone is 3. The smallest absolute Gasteiger partial charge is 0.138 e. The lowest BCUT2D eigenvalue weighted by Gasteiger charge is -2.29. The molecule has 2 aromatic heterocycles. The predicted molar refractivity (Wildman–Crippen MR) is 109 cm³/mol. The van der Waals surface area contributed by atoms with Crippen molar-refractivity contribution in [1.82, 2.24) is 25.2 Å². The molecule has 1 aromatic carbocycles. The second-order valence-electron chi connectivity index (χ2n) is 6.47. The van der Waals surface area contributed by atoms with E-state index in [-0.39, 0.29) is 6.54 Å².